The Kier molecular flexibility index (Phi) is 3.13. The number of hydrogen-bond acceptors (Lipinski definition) is 5. The molecule has 2 aromatic rings. The van der Waals surface area contributed by atoms with Gasteiger partial charge in [0, 0.05) is 12.1 Å². The molecule has 4 nitrogen and oxygen atoms in total. The van der Waals surface area contributed by atoms with Crippen LogP contribution in [0.1, 0.15) is 12.5 Å². The Morgan fingerprint density at radius 3 is 2.69 bits per heavy atom. The Morgan fingerprint density at radius 2 is 2.06 bits per heavy atom. The molecule has 0 aliphatic heterocycles. The van der Waals surface area contributed by atoms with Gasteiger partial charge in [-0.15, -0.1) is 10.2 Å². The van der Waals surface area contributed by atoms with E-state index in [0.29, 0.717) is 5.56 Å². The molecule has 0 saturated carbocycles. The van der Waals surface area contributed by atoms with E-state index in [0.717, 1.165) is 22.2 Å². The molecule has 0 unspecified atom stereocenters. The Balaban J connectivity index is 2.25. The first-order valence-electron chi connectivity index (χ1n) is 4.91. The SMILES string of the molecule is CCNc1nnc(-c2ccc(C#N)cc2)s1. The van der Waals surface area contributed by atoms with E-state index in [4.69, 9.17) is 5.26 Å². The Hall–Kier alpha value is -1.93. The molecule has 5 heteroatoms. The fourth-order valence-corrected chi connectivity index (χ4v) is 2.07. The molecule has 1 N–H and O–H groups in total. The minimum atomic E-state index is 0.653. The number of hydrogen-bond donors (Lipinski definition) is 1. The predicted octanol–water partition coefficient (Wildman–Crippen LogP) is 2.51. The van der Waals surface area contributed by atoms with Crippen molar-refractivity contribution in [3.05, 3.63) is 29.8 Å². The van der Waals surface area contributed by atoms with E-state index >= 15 is 0 Å². The van der Waals surface area contributed by atoms with Gasteiger partial charge in [-0.1, -0.05) is 23.5 Å². The van der Waals surface area contributed by atoms with E-state index in [1.165, 1.54) is 11.3 Å². The van der Waals surface area contributed by atoms with Gasteiger partial charge in [-0.3, -0.25) is 0 Å². The van der Waals surface area contributed by atoms with Crippen LogP contribution in [-0.4, -0.2) is 16.7 Å². The molecule has 80 valence electrons. The van der Waals surface area contributed by atoms with Gasteiger partial charge in [-0.2, -0.15) is 5.26 Å². The predicted molar refractivity (Wildman–Crippen MR) is 64.2 cm³/mol. The smallest absolute Gasteiger partial charge is 0.205 e. The van der Waals surface area contributed by atoms with E-state index in [9.17, 15) is 0 Å². The van der Waals surface area contributed by atoms with Crippen molar-refractivity contribution in [3.63, 3.8) is 0 Å². The molecule has 0 spiro atoms. The lowest BCUT2D eigenvalue weighted by Gasteiger charge is -1.94. The largest absolute Gasteiger partial charge is 0.360 e. The second-order valence-corrected chi connectivity index (χ2v) is 4.11. The highest BCUT2D eigenvalue weighted by Gasteiger charge is 2.05. The first-order chi connectivity index (χ1) is 7.83. The van der Waals surface area contributed by atoms with E-state index in [1.54, 1.807) is 12.1 Å². The molecule has 0 fully saturated rings. The van der Waals surface area contributed by atoms with Gasteiger partial charge < -0.3 is 5.32 Å². The highest BCUT2D eigenvalue weighted by atomic mass is 32.1. The molecule has 1 heterocycles. The van der Waals surface area contributed by atoms with Crippen molar-refractivity contribution in [2.75, 3.05) is 11.9 Å². The van der Waals surface area contributed by atoms with Crippen LogP contribution in [0, 0.1) is 11.3 Å². The number of nitrogens with zero attached hydrogens (tertiary/aromatic N) is 3. The maximum Gasteiger partial charge on any atom is 0.205 e. The van der Waals surface area contributed by atoms with Crippen LogP contribution in [0.15, 0.2) is 24.3 Å². The molecule has 0 aliphatic rings. The summed E-state index contributed by atoms with van der Waals surface area (Å²) in [6, 6.07) is 9.42. The third kappa shape index (κ3) is 2.18. The Labute approximate surface area is 97.6 Å². The third-order valence-corrected chi connectivity index (χ3v) is 2.94. The maximum atomic E-state index is 8.69. The standard InChI is InChI=1S/C11H10N4S/c1-2-13-11-15-14-10(16-11)9-5-3-8(7-12)4-6-9/h3-6H,2H2,1H3,(H,13,15). The highest BCUT2D eigenvalue weighted by Crippen LogP contribution is 2.26. The lowest BCUT2D eigenvalue weighted by atomic mass is 10.2. The second kappa shape index (κ2) is 4.73. The van der Waals surface area contributed by atoms with Gasteiger partial charge in [0.05, 0.1) is 11.6 Å². The van der Waals surface area contributed by atoms with Gasteiger partial charge in [-0.05, 0) is 19.1 Å². The molecule has 1 aromatic heterocycles. The van der Waals surface area contributed by atoms with E-state index in [1.807, 2.05) is 19.1 Å². The average Bonchev–Trinajstić information content (AvgIpc) is 2.78. The molecule has 0 amide bonds. The summed E-state index contributed by atoms with van der Waals surface area (Å²) < 4.78 is 0. The van der Waals surface area contributed by atoms with Crippen molar-refractivity contribution >= 4 is 16.5 Å². The zero-order valence-electron chi connectivity index (χ0n) is 8.77. The summed E-state index contributed by atoms with van der Waals surface area (Å²) in [5.41, 5.74) is 1.64. The number of rotatable bonds is 3. The molecule has 2 rings (SSSR count). The second-order valence-electron chi connectivity index (χ2n) is 3.13. The van der Waals surface area contributed by atoms with Crippen LogP contribution >= 0.6 is 11.3 Å². The summed E-state index contributed by atoms with van der Waals surface area (Å²) in [6.07, 6.45) is 0. The summed E-state index contributed by atoms with van der Waals surface area (Å²) in [4.78, 5) is 0. The summed E-state index contributed by atoms with van der Waals surface area (Å²) in [7, 11) is 0. The first-order valence-corrected chi connectivity index (χ1v) is 5.73. The average molecular weight is 230 g/mol. The fraction of sp³-hybridized carbons (Fsp3) is 0.182. The van der Waals surface area contributed by atoms with Gasteiger partial charge in [0.15, 0.2) is 0 Å². The minimum absolute atomic E-state index is 0.653. The molecule has 1 aromatic carbocycles. The topological polar surface area (TPSA) is 61.6 Å². The summed E-state index contributed by atoms with van der Waals surface area (Å²) >= 11 is 1.51. The van der Waals surface area contributed by atoms with Crippen LogP contribution < -0.4 is 5.32 Å². The normalized spacial score (nSPS) is 9.75. The van der Waals surface area contributed by atoms with Crippen LogP contribution in [0.3, 0.4) is 0 Å². The van der Waals surface area contributed by atoms with Crippen molar-refractivity contribution in [2.24, 2.45) is 0 Å². The van der Waals surface area contributed by atoms with Crippen molar-refractivity contribution in [2.45, 2.75) is 6.92 Å². The minimum Gasteiger partial charge on any atom is -0.360 e. The van der Waals surface area contributed by atoms with Crippen molar-refractivity contribution in [3.8, 4) is 16.6 Å². The molecule has 0 saturated heterocycles. The maximum absolute atomic E-state index is 8.69. The van der Waals surface area contributed by atoms with Gasteiger partial charge in [0.1, 0.15) is 5.01 Å². The molecule has 0 aliphatic carbocycles. The quantitative estimate of drug-likeness (QED) is 0.880. The number of nitrogens with one attached hydrogen (secondary N) is 1. The molecule has 16 heavy (non-hydrogen) atoms. The van der Waals surface area contributed by atoms with E-state index < -0.39 is 0 Å². The fourth-order valence-electron chi connectivity index (χ4n) is 1.25. The van der Waals surface area contributed by atoms with Crippen LogP contribution in [0.4, 0.5) is 5.13 Å². The Morgan fingerprint density at radius 1 is 1.31 bits per heavy atom. The molecular formula is C11H10N4S. The number of anilines is 1. The lowest BCUT2D eigenvalue weighted by Crippen LogP contribution is -1.94. The summed E-state index contributed by atoms with van der Waals surface area (Å²) in [5, 5.41) is 21.6. The van der Waals surface area contributed by atoms with Crippen molar-refractivity contribution in [1.82, 2.24) is 10.2 Å². The van der Waals surface area contributed by atoms with Gasteiger partial charge in [0.25, 0.3) is 0 Å². The van der Waals surface area contributed by atoms with E-state index in [2.05, 4.69) is 21.6 Å². The highest BCUT2D eigenvalue weighted by molar-refractivity contribution is 7.18. The van der Waals surface area contributed by atoms with Gasteiger partial charge in [0.2, 0.25) is 5.13 Å². The van der Waals surface area contributed by atoms with Crippen molar-refractivity contribution in [1.29, 1.82) is 5.26 Å². The number of benzene rings is 1. The molecular weight excluding hydrogens is 220 g/mol. The van der Waals surface area contributed by atoms with Crippen LogP contribution in [-0.2, 0) is 0 Å². The van der Waals surface area contributed by atoms with Crippen LogP contribution in [0.5, 0.6) is 0 Å². The van der Waals surface area contributed by atoms with Gasteiger partial charge in [-0.25, -0.2) is 0 Å². The van der Waals surface area contributed by atoms with Crippen LogP contribution in [0.25, 0.3) is 10.6 Å². The summed E-state index contributed by atoms with van der Waals surface area (Å²) in [6.45, 7) is 2.85. The van der Waals surface area contributed by atoms with E-state index in [-0.39, 0.29) is 0 Å². The monoisotopic (exact) mass is 230 g/mol. The third-order valence-electron chi connectivity index (χ3n) is 2.01. The lowest BCUT2D eigenvalue weighted by molar-refractivity contribution is 1.07. The van der Waals surface area contributed by atoms with Gasteiger partial charge >= 0.3 is 0 Å². The number of nitriles is 1. The zero-order chi connectivity index (χ0) is 11.4. The van der Waals surface area contributed by atoms with Crippen LogP contribution in [0.2, 0.25) is 0 Å². The zero-order valence-corrected chi connectivity index (χ0v) is 9.58. The first kappa shape index (κ1) is 10.6. The molecule has 0 radical (unpaired) electrons. The molecule has 0 atom stereocenters. The molecule has 0 bridgehead atoms. The summed E-state index contributed by atoms with van der Waals surface area (Å²) in [5.74, 6) is 0. The Bertz CT molecular complexity index is 510. The van der Waals surface area contributed by atoms with Crippen molar-refractivity contribution < 1.29 is 0 Å². The number of aromatic nitrogens is 2.